The fourth-order valence-corrected chi connectivity index (χ4v) is 2.44. The van der Waals surface area contributed by atoms with E-state index in [0.717, 1.165) is 16.6 Å². The number of carbonyl (C=O) groups is 1. The third-order valence-corrected chi connectivity index (χ3v) is 3.51. The second kappa shape index (κ2) is 4.86. The SMILES string of the molecule is Cn1ccc2c(Nc3cc(N)ccc3C(N)=O)cccc21. The number of rotatable bonds is 3. The van der Waals surface area contributed by atoms with E-state index in [9.17, 15) is 4.79 Å². The van der Waals surface area contributed by atoms with E-state index in [1.165, 1.54) is 0 Å². The first-order chi connectivity index (χ1) is 10.1. The molecule has 1 amide bonds. The van der Waals surface area contributed by atoms with Crippen LogP contribution in [0.4, 0.5) is 17.1 Å². The van der Waals surface area contributed by atoms with E-state index >= 15 is 0 Å². The van der Waals surface area contributed by atoms with Gasteiger partial charge in [0.2, 0.25) is 0 Å². The number of primary amides is 1. The summed E-state index contributed by atoms with van der Waals surface area (Å²) in [6, 6.07) is 13.0. The average Bonchev–Trinajstić information content (AvgIpc) is 2.82. The molecule has 21 heavy (non-hydrogen) atoms. The maximum atomic E-state index is 11.5. The van der Waals surface area contributed by atoms with Crippen LogP contribution in [0.3, 0.4) is 0 Å². The Morgan fingerprint density at radius 1 is 1.14 bits per heavy atom. The van der Waals surface area contributed by atoms with E-state index in [1.54, 1.807) is 18.2 Å². The Morgan fingerprint density at radius 2 is 1.95 bits per heavy atom. The number of nitrogens with two attached hydrogens (primary N) is 2. The second-order valence-corrected chi connectivity index (χ2v) is 4.96. The number of nitrogen functional groups attached to an aromatic ring is 1. The summed E-state index contributed by atoms with van der Waals surface area (Å²) in [7, 11) is 1.99. The minimum atomic E-state index is -0.488. The highest BCUT2D eigenvalue weighted by atomic mass is 16.1. The van der Waals surface area contributed by atoms with Crippen LogP contribution in [-0.4, -0.2) is 10.5 Å². The minimum Gasteiger partial charge on any atom is -0.399 e. The molecule has 0 radical (unpaired) electrons. The van der Waals surface area contributed by atoms with Gasteiger partial charge < -0.3 is 21.4 Å². The highest BCUT2D eigenvalue weighted by molar-refractivity contribution is 6.02. The molecular weight excluding hydrogens is 264 g/mol. The fourth-order valence-electron chi connectivity index (χ4n) is 2.44. The number of amides is 1. The van der Waals surface area contributed by atoms with Crippen molar-refractivity contribution in [1.29, 1.82) is 0 Å². The van der Waals surface area contributed by atoms with Gasteiger partial charge in [-0.3, -0.25) is 4.79 Å². The van der Waals surface area contributed by atoms with Crippen LogP contribution in [0.5, 0.6) is 0 Å². The quantitative estimate of drug-likeness (QED) is 0.644. The standard InChI is InChI=1S/C16H16N4O/c1-20-8-7-11-13(3-2-4-15(11)20)19-14-9-10(17)5-6-12(14)16(18)21/h2-9,19H,17H2,1H3,(H2,18,21). The molecule has 5 N–H and O–H groups in total. The van der Waals surface area contributed by atoms with Crippen molar-refractivity contribution in [2.75, 3.05) is 11.1 Å². The van der Waals surface area contributed by atoms with Gasteiger partial charge in [0.05, 0.1) is 11.3 Å². The summed E-state index contributed by atoms with van der Waals surface area (Å²) >= 11 is 0. The van der Waals surface area contributed by atoms with Gasteiger partial charge in [-0.15, -0.1) is 0 Å². The van der Waals surface area contributed by atoms with Crippen LogP contribution in [0.1, 0.15) is 10.4 Å². The molecule has 0 spiro atoms. The molecule has 1 aromatic heterocycles. The Kier molecular flexibility index (Phi) is 3.02. The molecule has 3 aromatic rings. The number of anilines is 3. The Hall–Kier alpha value is -2.95. The van der Waals surface area contributed by atoms with Crippen LogP contribution in [0.15, 0.2) is 48.7 Å². The number of benzene rings is 2. The smallest absolute Gasteiger partial charge is 0.250 e. The van der Waals surface area contributed by atoms with E-state index in [4.69, 9.17) is 11.5 Å². The molecule has 0 aliphatic carbocycles. The summed E-state index contributed by atoms with van der Waals surface area (Å²) in [5.41, 5.74) is 14.8. The van der Waals surface area contributed by atoms with E-state index in [2.05, 4.69) is 5.32 Å². The summed E-state index contributed by atoms with van der Waals surface area (Å²) in [5, 5.41) is 4.32. The molecule has 0 unspecified atom stereocenters. The van der Waals surface area contributed by atoms with Gasteiger partial charge >= 0.3 is 0 Å². The van der Waals surface area contributed by atoms with Crippen LogP contribution in [0, 0.1) is 0 Å². The molecule has 5 nitrogen and oxygen atoms in total. The molecule has 3 rings (SSSR count). The molecule has 106 valence electrons. The van der Waals surface area contributed by atoms with Gasteiger partial charge in [0.25, 0.3) is 5.91 Å². The lowest BCUT2D eigenvalue weighted by Crippen LogP contribution is -2.13. The lowest BCUT2D eigenvalue weighted by Gasteiger charge is -2.12. The van der Waals surface area contributed by atoms with E-state index in [0.29, 0.717) is 16.9 Å². The molecule has 0 aliphatic rings. The highest BCUT2D eigenvalue weighted by Crippen LogP contribution is 2.29. The van der Waals surface area contributed by atoms with Gasteiger partial charge in [0.1, 0.15) is 0 Å². The predicted molar refractivity (Wildman–Crippen MR) is 85.6 cm³/mol. The number of nitrogens with one attached hydrogen (secondary N) is 1. The summed E-state index contributed by atoms with van der Waals surface area (Å²) in [5.74, 6) is -0.488. The van der Waals surface area contributed by atoms with Gasteiger partial charge in [-0.05, 0) is 36.4 Å². The number of hydrogen-bond donors (Lipinski definition) is 3. The monoisotopic (exact) mass is 280 g/mol. The Bertz CT molecular complexity index is 835. The van der Waals surface area contributed by atoms with Gasteiger partial charge in [0, 0.05) is 35.5 Å². The van der Waals surface area contributed by atoms with Crippen molar-refractivity contribution in [3.63, 3.8) is 0 Å². The Morgan fingerprint density at radius 3 is 2.71 bits per heavy atom. The topological polar surface area (TPSA) is 86.1 Å². The van der Waals surface area contributed by atoms with Gasteiger partial charge in [-0.25, -0.2) is 0 Å². The normalized spacial score (nSPS) is 10.7. The van der Waals surface area contributed by atoms with Crippen LogP contribution < -0.4 is 16.8 Å². The molecule has 1 heterocycles. The third kappa shape index (κ3) is 2.29. The number of aromatic nitrogens is 1. The third-order valence-electron chi connectivity index (χ3n) is 3.51. The van der Waals surface area contributed by atoms with Crippen molar-refractivity contribution >= 4 is 33.9 Å². The van der Waals surface area contributed by atoms with Crippen LogP contribution >= 0.6 is 0 Å². The maximum Gasteiger partial charge on any atom is 0.250 e. The number of hydrogen-bond acceptors (Lipinski definition) is 3. The molecule has 0 fully saturated rings. The lowest BCUT2D eigenvalue weighted by atomic mass is 10.1. The van der Waals surface area contributed by atoms with E-state index in [-0.39, 0.29) is 0 Å². The zero-order valence-corrected chi connectivity index (χ0v) is 11.6. The molecule has 5 heteroatoms. The van der Waals surface area contributed by atoms with Crippen LogP contribution in [0.2, 0.25) is 0 Å². The van der Waals surface area contributed by atoms with Crippen molar-refractivity contribution in [2.45, 2.75) is 0 Å². The zero-order valence-electron chi connectivity index (χ0n) is 11.6. The van der Waals surface area contributed by atoms with Crippen molar-refractivity contribution in [3.8, 4) is 0 Å². The zero-order chi connectivity index (χ0) is 15.0. The Labute approximate surface area is 122 Å². The number of fused-ring (bicyclic) bond motifs is 1. The summed E-state index contributed by atoms with van der Waals surface area (Å²) in [6.45, 7) is 0. The van der Waals surface area contributed by atoms with Crippen molar-refractivity contribution in [2.24, 2.45) is 12.8 Å². The molecule has 0 atom stereocenters. The molecule has 0 saturated heterocycles. The molecular formula is C16H16N4O. The van der Waals surface area contributed by atoms with Gasteiger partial charge in [0.15, 0.2) is 0 Å². The molecule has 0 aliphatic heterocycles. The van der Waals surface area contributed by atoms with Crippen molar-refractivity contribution < 1.29 is 4.79 Å². The first-order valence-corrected chi connectivity index (χ1v) is 6.56. The first-order valence-electron chi connectivity index (χ1n) is 6.56. The number of nitrogens with zero attached hydrogens (tertiary/aromatic N) is 1. The predicted octanol–water partition coefficient (Wildman–Crippen LogP) is 2.60. The largest absolute Gasteiger partial charge is 0.399 e. The molecule has 0 bridgehead atoms. The van der Waals surface area contributed by atoms with Gasteiger partial charge in [-0.1, -0.05) is 6.07 Å². The van der Waals surface area contributed by atoms with Crippen molar-refractivity contribution in [3.05, 3.63) is 54.2 Å². The number of aryl methyl sites for hydroxylation is 1. The summed E-state index contributed by atoms with van der Waals surface area (Å²) in [6.07, 6.45) is 1.99. The first kappa shape index (κ1) is 13.1. The summed E-state index contributed by atoms with van der Waals surface area (Å²) in [4.78, 5) is 11.5. The minimum absolute atomic E-state index is 0.414. The van der Waals surface area contributed by atoms with E-state index in [1.807, 2.05) is 42.1 Å². The van der Waals surface area contributed by atoms with Crippen LogP contribution in [-0.2, 0) is 7.05 Å². The van der Waals surface area contributed by atoms with Gasteiger partial charge in [-0.2, -0.15) is 0 Å². The molecule has 0 saturated carbocycles. The van der Waals surface area contributed by atoms with Crippen molar-refractivity contribution in [1.82, 2.24) is 4.57 Å². The second-order valence-electron chi connectivity index (χ2n) is 4.96. The Balaban J connectivity index is 2.10. The fraction of sp³-hybridized carbons (Fsp3) is 0.0625. The highest BCUT2D eigenvalue weighted by Gasteiger charge is 2.10. The van der Waals surface area contributed by atoms with E-state index < -0.39 is 5.91 Å². The number of carbonyl (C=O) groups excluding carboxylic acids is 1. The average molecular weight is 280 g/mol. The summed E-state index contributed by atoms with van der Waals surface area (Å²) < 4.78 is 2.04. The van der Waals surface area contributed by atoms with Crippen LogP contribution in [0.25, 0.3) is 10.9 Å². The molecule has 2 aromatic carbocycles. The lowest BCUT2D eigenvalue weighted by molar-refractivity contribution is 0.100. The maximum absolute atomic E-state index is 11.5.